The van der Waals surface area contributed by atoms with E-state index in [1.165, 1.54) is 0 Å². The molecule has 8 unspecified atom stereocenters. The van der Waals surface area contributed by atoms with E-state index in [1.807, 2.05) is 43.3 Å². The zero-order chi connectivity index (χ0) is 31.4. The first-order chi connectivity index (χ1) is 20.1. The van der Waals surface area contributed by atoms with Gasteiger partial charge in [0.05, 0.1) is 28.2 Å². The topological polar surface area (TPSA) is 87.7 Å². The number of carbonyl (C=O) groups excluding carboxylic acids is 2. The van der Waals surface area contributed by atoms with Gasteiger partial charge in [-0.3, -0.25) is 9.59 Å². The van der Waals surface area contributed by atoms with Gasteiger partial charge in [-0.2, -0.15) is 0 Å². The van der Waals surface area contributed by atoms with E-state index in [4.69, 9.17) is 16.3 Å². The van der Waals surface area contributed by atoms with Crippen LogP contribution in [0.5, 0.6) is 0 Å². The van der Waals surface area contributed by atoms with Gasteiger partial charge in [-0.25, -0.2) is 0 Å². The average molecular weight is 739 g/mol. The number of rotatable bonds is 5. The zero-order valence-electron chi connectivity index (χ0n) is 25.6. The number of benzene rings is 2. The molecule has 2 saturated carbocycles. The van der Waals surface area contributed by atoms with Crippen molar-refractivity contribution in [2.45, 2.75) is 107 Å². The van der Waals surface area contributed by atoms with Crippen LogP contribution in [0.1, 0.15) is 93.9 Å². The smallest absolute Gasteiger partial charge is 0.251 e. The highest BCUT2D eigenvalue weighted by Crippen LogP contribution is 2.58. The second-order valence-electron chi connectivity index (χ2n) is 14.0. The molecule has 1 saturated heterocycles. The van der Waals surface area contributed by atoms with Crippen LogP contribution >= 0.6 is 43.5 Å². The molecule has 234 valence electrons. The molecule has 0 radical (unpaired) electrons. The van der Waals surface area contributed by atoms with Crippen LogP contribution in [-0.2, 0) is 4.74 Å². The number of fused-ring (bicyclic) bond motifs is 1. The van der Waals surface area contributed by atoms with Crippen molar-refractivity contribution in [2.24, 2.45) is 17.8 Å². The van der Waals surface area contributed by atoms with Crippen LogP contribution < -0.4 is 10.6 Å². The third-order valence-electron chi connectivity index (χ3n) is 10.7. The van der Waals surface area contributed by atoms with Gasteiger partial charge in [0, 0.05) is 25.6 Å². The van der Waals surface area contributed by atoms with Gasteiger partial charge in [-0.1, -0.05) is 31.9 Å². The Morgan fingerprint density at radius 3 is 1.86 bits per heavy atom. The SMILES string of the molecule is CC1(NC(=O)c2ccc(Br)cc2)CCC(C2(C)CCC(Cl)C(C)(C)O2)C2C1CCC(O)C2(C)NC(=O)c1ccc(Br)cc1. The summed E-state index contributed by atoms with van der Waals surface area (Å²) in [6.45, 7) is 10.4. The van der Waals surface area contributed by atoms with Gasteiger partial charge >= 0.3 is 0 Å². The Morgan fingerprint density at radius 2 is 1.33 bits per heavy atom. The molecular weight excluding hydrogens is 696 g/mol. The molecule has 5 rings (SSSR count). The monoisotopic (exact) mass is 736 g/mol. The minimum Gasteiger partial charge on any atom is -0.391 e. The number of amides is 2. The fourth-order valence-corrected chi connectivity index (χ4v) is 8.97. The van der Waals surface area contributed by atoms with Gasteiger partial charge in [0.25, 0.3) is 11.8 Å². The molecular formula is C34H43Br2ClN2O4. The van der Waals surface area contributed by atoms with Gasteiger partial charge in [0.1, 0.15) is 0 Å². The minimum atomic E-state index is -0.962. The summed E-state index contributed by atoms with van der Waals surface area (Å²) in [7, 11) is 0. The molecule has 43 heavy (non-hydrogen) atoms. The number of aliphatic hydroxyl groups is 1. The lowest BCUT2D eigenvalue weighted by Gasteiger charge is -2.64. The molecule has 2 aromatic carbocycles. The molecule has 3 N–H and O–H groups in total. The van der Waals surface area contributed by atoms with Crippen molar-refractivity contribution in [1.82, 2.24) is 10.6 Å². The molecule has 6 nitrogen and oxygen atoms in total. The Hall–Kier alpha value is -1.45. The Labute approximate surface area is 277 Å². The highest BCUT2D eigenvalue weighted by Gasteiger charge is 2.63. The predicted molar refractivity (Wildman–Crippen MR) is 177 cm³/mol. The lowest BCUT2D eigenvalue weighted by Crippen LogP contribution is -2.73. The minimum absolute atomic E-state index is 0.0125. The van der Waals surface area contributed by atoms with Crippen molar-refractivity contribution in [3.8, 4) is 0 Å². The van der Waals surface area contributed by atoms with Crippen LogP contribution in [0.3, 0.4) is 0 Å². The van der Waals surface area contributed by atoms with Crippen LogP contribution in [0.2, 0.25) is 0 Å². The van der Waals surface area contributed by atoms with Crippen LogP contribution in [0.4, 0.5) is 0 Å². The quantitative estimate of drug-likeness (QED) is 0.276. The third kappa shape index (κ3) is 6.33. The maximum atomic E-state index is 13.8. The molecule has 0 spiro atoms. The van der Waals surface area contributed by atoms with E-state index >= 15 is 0 Å². The Bertz CT molecular complexity index is 1360. The van der Waals surface area contributed by atoms with Gasteiger partial charge in [0.2, 0.25) is 0 Å². The third-order valence-corrected chi connectivity index (χ3v) is 12.5. The summed E-state index contributed by atoms with van der Waals surface area (Å²) in [5.74, 6) is -0.516. The molecule has 8 atom stereocenters. The highest BCUT2D eigenvalue weighted by atomic mass is 79.9. The first-order valence-electron chi connectivity index (χ1n) is 15.3. The van der Waals surface area contributed by atoms with Crippen LogP contribution in [-0.4, -0.2) is 50.7 Å². The molecule has 3 fully saturated rings. The van der Waals surface area contributed by atoms with Gasteiger partial charge in [-0.05, 0) is 139 Å². The van der Waals surface area contributed by atoms with Crippen molar-refractivity contribution in [2.75, 3.05) is 0 Å². The van der Waals surface area contributed by atoms with Crippen LogP contribution in [0.15, 0.2) is 57.5 Å². The maximum absolute atomic E-state index is 13.8. The Morgan fingerprint density at radius 1 is 0.791 bits per heavy atom. The Kier molecular flexibility index (Phi) is 9.23. The summed E-state index contributed by atoms with van der Waals surface area (Å²) in [4.78, 5) is 27.3. The number of ether oxygens (including phenoxy) is 1. The van der Waals surface area contributed by atoms with E-state index < -0.39 is 28.4 Å². The van der Waals surface area contributed by atoms with E-state index in [0.717, 1.165) is 41.0 Å². The lowest BCUT2D eigenvalue weighted by atomic mass is 9.49. The first kappa shape index (κ1) is 32.9. The van der Waals surface area contributed by atoms with Crippen molar-refractivity contribution < 1.29 is 19.4 Å². The van der Waals surface area contributed by atoms with Gasteiger partial charge < -0.3 is 20.5 Å². The fraction of sp³-hybridized carbons (Fsp3) is 0.588. The van der Waals surface area contributed by atoms with Gasteiger partial charge in [-0.15, -0.1) is 11.6 Å². The number of nitrogens with one attached hydrogen (secondary N) is 2. The van der Waals surface area contributed by atoms with Crippen molar-refractivity contribution in [3.63, 3.8) is 0 Å². The summed E-state index contributed by atoms with van der Waals surface area (Å²) < 4.78 is 8.70. The molecule has 0 aromatic heterocycles. The fourth-order valence-electron chi connectivity index (χ4n) is 8.29. The maximum Gasteiger partial charge on any atom is 0.251 e. The van der Waals surface area contributed by atoms with Crippen molar-refractivity contribution in [3.05, 3.63) is 68.6 Å². The van der Waals surface area contributed by atoms with E-state index in [1.54, 1.807) is 12.1 Å². The molecule has 9 heteroatoms. The Balaban J connectivity index is 1.54. The number of alkyl halides is 1. The second-order valence-corrected chi connectivity index (χ2v) is 16.4. The summed E-state index contributed by atoms with van der Waals surface area (Å²) >= 11 is 13.6. The number of hydrogen-bond acceptors (Lipinski definition) is 4. The van der Waals surface area contributed by atoms with E-state index in [-0.39, 0.29) is 34.9 Å². The lowest BCUT2D eigenvalue weighted by molar-refractivity contribution is -0.226. The average Bonchev–Trinajstić information content (AvgIpc) is 2.93. The van der Waals surface area contributed by atoms with Crippen molar-refractivity contribution in [1.29, 1.82) is 0 Å². The first-order valence-corrected chi connectivity index (χ1v) is 17.3. The highest BCUT2D eigenvalue weighted by molar-refractivity contribution is 9.10. The number of hydrogen-bond donors (Lipinski definition) is 3. The summed E-state index contributed by atoms with van der Waals surface area (Å²) in [6, 6.07) is 14.6. The second kappa shape index (κ2) is 12.1. The predicted octanol–water partition coefficient (Wildman–Crippen LogP) is 7.64. The standard InChI is InChI=1S/C34H43Br2ClN2O4/c1-31(2)26(37)17-19-33(4,43-31)25-16-18-32(3,38-29(41)20-6-10-22(35)11-7-20)24-14-15-27(40)34(5,28(24)25)39-30(42)21-8-12-23(36)13-9-21/h6-13,24-28,40H,14-19H2,1-5H3,(H,38,41)(H,39,42). The largest absolute Gasteiger partial charge is 0.391 e. The molecule has 1 aliphatic heterocycles. The van der Waals surface area contributed by atoms with Crippen molar-refractivity contribution >= 4 is 55.3 Å². The van der Waals surface area contributed by atoms with E-state index in [0.29, 0.717) is 17.5 Å². The summed E-state index contributed by atoms with van der Waals surface area (Å²) in [6.07, 6.45) is 3.61. The van der Waals surface area contributed by atoms with Crippen LogP contribution in [0, 0.1) is 17.8 Å². The zero-order valence-corrected chi connectivity index (χ0v) is 29.5. The number of halogens is 3. The molecule has 3 aliphatic rings. The molecule has 0 bridgehead atoms. The summed E-state index contributed by atoms with van der Waals surface area (Å²) in [5.41, 5.74) is -1.42. The normalized spacial score (nSPS) is 37.2. The molecule has 1 heterocycles. The molecule has 2 amide bonds. The molecule has 2 aliphatic carbocycles. The van der Waals surface area contributed by atoms with Gasteiger partial charge in [0.15, 0.2) is 0 Å². The number of aliphatic hydroxyl groups excluding tert-OH is 1. The summed E-state index contributed by atoms with van der Waals surface area (Å²) in [5, 5.41) is 18.4. The van der Waals surface area contributed by atoms with E-state index in [9.17, 15) is 14.7 Å². The number of carbonyl (C=O) groups is 2. The molecule has 2 aromatic rings. The van der Waals surface area contributed by atoms with E-state index in [2.05, 4.69) is 70.2 Å². The van der Waals surface area contributed by atoms with Crippen LogP contribution in [0.25, 0.3) is 0 Å².